The quantitative estimate of drug-likeness (QED) is 0.803. The van der Waals surface area contributed by atoms with E-state index in [1.165, 1.54) is 0 Å². The Kier molecular flexibility index (Phi) is 5.28. The van der Waals surface area contributed by atoms with Gasteiger partial charge >= 0.3 is 5.97 Å². The second kappa shape index (κ2) is 6.98. The number of esters is 1. The molecule has 0 aliphatic carbocycles. The fourth-order valence-electron chi connectivity index (χ4n) is 2.66. The van der Waals surface area contributed by atoms with E-state index in [-0.39, 0.29) is 17.8 Å². The third-order valence-electron chi connectivity index (χ3n) is 3.83. The fourth-order valence-corrected chi connectivity index (χ4v) is 2.88. The Morgan fingerprint density at radius 3 is 2.57 bits per heavy atom. The van der Waals surface area contributed by atoms with E-state index in [9.17, 15) is 9.59 Å². The van der Waals surface area contributed by atoms with Gasteiger partial charge in [0, 0.05) is 25.8 Å². The van der Waals surface area contributed by atoms with Crippen LogP contribution < -0.4 is 0 Å². The third kappa shape index (κ3) is 3.59. The molecular formula is C15H21ClN2O3. The number of carbonyl (C=O) groups excluding carboxylic acids is 2. The first-order valence-corrected chi connectivity index (χ1v) is 7.76. The summed E-state index contributed by atoms with van der Waals surface area (Å²) >= 11 is 5.97. The van der Waals surface area contributed by atoms with Crippen molar-refractivity contribution in [2.75, 3.05) is 19.7 Å². The van der Waals surface area contributed by atoms with Crippen molar-refractivity contribution in [1.82, 2.24) is 9.47 Å². The fraction of sp³-hybridized carbons (Fsp3) is 0.600. The van der Waals surface area contributed by atoms with Crippen molar-refractivity contribution in [2.45, 2.75) is 33.2 Å². The van der Waals surface area contributed by atoms with Crippen molar-refractivity contribution in [3.63, 3.8) is 0 Å². The average Bonchev–Trinajstić information content (AvgIpc) is 2.88. The Bertz CT molecular complexity index is 519. The van der Waals surface area contributed by atoms with Crippen molar-refractivity contribution in [3.05, 3.63) is 23.0 Å². The number of hydrogen-bond acceptors (Lipinski definition) is 3. The largest absolute Gasteiger partial charge is 0.466 e. The molecule has 1 fully saturated rings. The minimum Gasteiger partial charge on any atom is -0.466 e. The molecule has 0 atom stereocenters. The van der Waals surface area contributed by atoms with Crippen molar-refractivity contribution in [1.29, 1.82) is 0 Å². The van der Waals surface area contributed by atoms with Crippen LogP contribution >= 0.6 is 11.6 Å². The molecule has 0 aromatic carbocycles. The minimum absolute atomic E-state index is 0.0222. The molecular weight excluding hydrogens is 292 g/mol. The number of piperidine rings is 1. The topological polar surface area (TPSA) is 51.5 Å². The van der Waals surface area contributed by atoms with Gasteiger partial charge in [0.15, 0.2) is 0 Å². The van der Waals surface area contributed by atoms with Gasteiger partial charge < -0.3 is 14.2 Å². The molecule has 2 heterocycles. The lowest BCUT2D eigenvalue weighted by Gasteiger charge is -2.31. The zero-order chi connectivity index (χ0) is 15.4. The molecule has 6 heteroatoms. The molecule has 0 spiro atoms. The van der Waals surface area contributed by atoms with Crippen LogP contribution in [0.3, 0.4) is 0 Å². The van der Waals surface area contributed by atoms with E-state index in [0.29, 0.717) is 49.8 Å². The molecule has 0 N–H and O–H groups in total. The van der Waals surface area contributed by atoms with E-state index in [4.69, 9.17) is 16.3 Å². The van der Waals surface area contributed by atoms with Gasteiger partial charge in [0.05, 0.1) is 17.5 Å². The number of amides is 1. The van der Waals surface area contributed by atoms with Crippen molar-refractivity contribution in [2.24, 2.45) is 5.92 Å². The van der Waals surface area contributed by atoms with Gasteiger partial charge in [-0.05, 0) is 32.8 Å². The monoisotopic (exact) mass is 312 g/mol. The standard InChI is InChI=1S/C15H21ClN2O3/c1-3-17-10-12(16)9-13(17)14(19)18-7-5-11(6-8-18)15(20)21-4-2/h9-11H,3-8H2,1-2H3. The lowest BCUT2D eigenvalue weighted by atomic mass is 9.97. The van der Waals surface area contributed by atoms with Gasteiger partial charge in [-0.3, -0.25) is 9.59 Å². The highest BCUT2D eigenvalue weighted by atomic mass is 35.5. The van der Waals surface area contributed by atoms with Gasteiger partial charge in [0.25, 0.3) is 5.91 Å². The number of carbonyl (C=O) groups is 2. The predicted molar refractivity (Wildman–Crippen MR) is 80.4 cm³/mol. The highest BCUT2D eigenvalue weighted by molar-refractivity contribution is 6.31. The molecule has 0 radical (unpaired) electrons. The van der Waals surface area contributed by atoms with E-state index in [2.05, 4.69) is 0 Å². The lowest BCUT2D eigenvalue weighted by molar-refractivity contribution is -0.149. The van der Waals surface area contributed by atoms with Crippen LogP contribution in [0.1, 0.15) is 37.2 Å². The van der Waals surface area contributed by atoms with Crippen LogP contribution in [0.4, 0.5) is 0 Å². The number of nitrogens with zero attached hydrogens (tertiary/aromatic N) is 2. The van der Waals surface area contributed by atoms with Gasteiger partial charge in [-0.25, -0.2) is 0 Å². The number of hydrogen-bond donors (Lipinski definition) is 0. The number of aryl methyl sites for hydroxylation is 1. The SMILES string of the molecule is CCOC(=O)C1CCN(C(=O)c2cc(Cl)cn2CC)CC1. The molecule has 1 saturated heterocycles. The third-order valence-corrected chi connectivity index (χ3v) is 4.03. The van der Waals surface area contributed by atoms with Gasteiger partial charge in [-0.2, -0.15) is 0 Å². The summed E-state index contributed by atoms with van der Waals surface area (Å²) in [5.74, 6) is -0.258. The predicted octanol–water partition coefficient (Wildman–Crippen LogP) is 2.58. The Morgan fingerprint density at radius 2 is 2.00 bits per heavy atom. The van der Waals surface area contributed by atoms with Crippen LogP contribution in [0.25, 0.3) is 0 Å². The first-order chi connectivity index (χ1) is 10.1. The van der Waals surface area contributed by atoms with Crippen LogP contribution in [0.5, 0.6) is 0 Å². The van der Waals surface area contributed by atoms with E-state index < -0.39 is 0 Å². The van der Waals surface area contributed by atoms with Gasteiger partial charge in [-0.15, -0.1) is 0 Å². The molecule has 0 unspecified atom stereocenters. The minimum atomic E-state index is -0.149. The number of rotatable bonds is 4. The first kappa shape index (κ1) is 15.9. The number of aromatic nitrogens is 1. The Morgan fingerprint density at radius 1 is 1.33 bits per heavy atom. The first-order valence-electron chi connectivity index (χ1n) is 7.38. The molecule has 1 aromatic rings. The molecule has 0 bridgehead atoms. The van der Waals surface area contributed by atoms with Crippen LogP contribution in [0.15, 0.2) is 12.3 Å². The highest BCUT2D eigenvalue weighted by Crippen LogP contribution is 2.22. The van der Waals surface area contributed by atoms with Crippen molar-refractivity contribution < 1.29 is 14.3 Å². The summed E-state index contributed by atoms with van der Waals surface area (Å²) in [5, 5.41) is 0.571. The van der Waals surface area contributed by atoms with E-state index in [0.717, 1.165) is 0 Å². The van der Waals surface area contributed by atoms with Crippen molar-refractivity contribution >= 4 is 23.5 Å². The Hall–Kier alpha value is -1.49. The summed E-state index contributed by atoms with van der Waals surface area (Å²) in [5.41, 5.74) is 0.608. The molecule has 1 aliphatic rings. The second-order valence-corrected chi connectivity index (χ2v) is 5.58. The summed E-state index contributed by atoms with van der Waals surface area (Å²) in [7, 11) is 0. The Labute approximate surface area is 129 Å². The maximum Gasteiger partial charge on any atom is 0.309 e. The van der Waals surface area contributed by atoms with E-state index >= 15 is 0 Å². The summed E-state index contributed by atoms with van der Waals surface area (Å²) in [6, 6.07) is 1.70. The molecule has 2 rings (SSSR count). The van der Waals surface area contributed by atoms with E-state index in [1.54, 1.807) is 24.1 Å². The summed E-state index contributed by atoms with van der Waals surface area (Å²) in [4.78, 5) is 26.0. The molecule has 116 valence electrons. The average molecular weight is 313 g/mol. The van der Waals surface area contributed by atoms with Crippen LogP contribution in [-0.4, -0.2) is 41.0 Å². The van der Waals surface area contributed by atoms with Gasteiger partial charge in [-0.1, -0.05) is 11.6 Å². The molecule has 21 heavy (non-hydrogen) atoms. The highest BCUT2D eigenvalue weighted by Gasteiger charge is 2.29. The van der Waals surface area contributed by atoms with Gasteiger partial charge in [0.1, 0.15) is 5.69 Å². The Balaban J connectivity index is 1.98. The van der Waals surface area contributed by atoms with Crippen LogP contribution in [0, 0.1) is 5.92 Å². The lowest BCUT2D eigenvalue weighted by Crippen LogP contribution is -2.41. The smallest absolute Gasteiger partial charge is 0.309 e. The number of halogens is 1. The second-order valence-electron chi connectivity index (χ2n) is 5.15. The molecule has 0 saturated carbocycles. The summed E-state index contributed by atoms with van der Waals surface area (Å²) in [6.07, 6.45) is 3.08. The van der Waals surface area contributed by atoms with Gasteiger partial charge in [0.2, 0.25) is 0 Å². The number of likely N-dealkylation sites (tertiary alicyclic amines) is 1. The summed E-state index contributed by atoms with van der Waals surface area (Å²) in [6.45, 7) is 6.04. The van der Waals surface area contributed by atoms with Crippen LogP contribution in [0.2, 0.25) is 5.02 Å². The zero-order valence-corrected chi connectivity index (χ0v) is 13.2. The van der Waals surface area contributed by atoms with Crippen molar-refractivity contribution in [3.8, 4) is 0 Å². The van der Waals surface area contributed by atoms with Crippen LogP contribution in [-0.2, 0) is 16.1 Å². The number of ether oxygens (including phenoxy) is 1. The molecule has 5 nitrogen and oxygen atoms in total. The van der Waals surface area contributed by atoms with E-state index in [1.807, 2.05) is 11.5 Å². The molecule has 1 aliphatic heterocycles. The normalized spacial score (nSPS) is 16.0. The zero-order valence-electron chi connectivity index (χ0n) is 12.5. The molecule has 1 aromatic heterocycles. The summed E-state index contributed by atoms with van der Waals surface area (Å²) < 4.78 is 6.89. The maximum atomic E-state index is 12.5. The molecule has 1 amide bonds. The maximum absolute atomic E-state index is 12.5.